The minimum Gasteiger partial charge on any atom is -0.386 e. The van der Waals surface area contributed by atoms with Crippen molar-refractivity contribution < 1.29 is 9.90 Å². The standard InChI is InChI=1S/C33H41N3O2S/c1-32(2)13-12-25(21-35-14-16-36(17-15-35)28-10-8-23(9-11-28)31(34)37)29(20-32)30-19-26(22-39-30)24-6-5-7-27(18-24)33(3,4)38/h5-11,18-19,22,38H,12-17,20-21H2,1-4H3,(H2,34,37). The van der Waals surface area contributed by atoms with Gasteiger partial charge in [-0.3, -0.25) is 9.69 Å². The van der Waals surface area contributed by atoms with E-state index < -0.39 is 5.60 Å². The lowest BCUT2D eigenvalue weighted by molar-refractivity contribution is 0.0786. The second kappa shape index (κ2) is 10.9. The molecule has 6 heteroatoms. The molecule has 0 spiro atoms. The number of benzene rings is 2. The lowest BCUT2D eigenvalue weighted by atomic mass is 9.73. The van der Waals surface area contributed by atoms with Crippen LogP contribution in [0.1, 0.15) is 67.8 Å². The fraction of sp³-hybridized carbons (Fsp3) is 0.424. The van der Waals surface area contributed by atoms with Crippen LogP contribution in [0, 0.1) is 5.41 Å². The Morgan fingerprint density at radius 3 is 2.41 bits per heavy atom. The summed E-state index contributed by atoms with van der Waals surface area (Å²) in [6, 6.07) is 18.3. The molecule has 1 fully saturated rings. The minimum atomic E-state index is -0.852. The van der Waals surface area contributed by atoms with Gasteiger partial charge in [0.15, 0.2) is 0 Å². The summed E-state index contributed by atoms with van der Waals surface area (Å²) in [5, 5.41) is 12.8. The third kappa shape index (κ3) is 6.46. The Kier molecular flexibility index (Phi) is 7.73. The van der Waals surface area contributed by atoms with Crippen LogP contribution >= 0.6 is 11.3 Å². The molecular formula is C33H41N3O2S. The van der Waals surface area contributed by atoms with Crippen LogP contribution in [0.25, 0.3) is 16.7 Å². The van der Waals surface area contributed by atoms with Crippen LogP contribution in [0.4, 0.5) is 5.69 Å². The van der Waals surface area contributed by atoms with Gasteiger partial charge in [0.1, 0.15) is 0 Å². The summed E-state index contributed by atoms with van der Waals surface area (Å²) < 4.78 is 0. The van der Waals surface area contributed by atoms with Crippen molar-refractivity contribution in [3.63, 3.8) is 0 Å². The summed E-state index contributed by atoms with van der Waals surface area (Å²) in [4.78, 5) is 17.8. The number of allylic oxidation sites excluding steroid dienone is 1. The number of amides is 1. The summed E-state index contributed by atoms with van der Waals surface area (Å²) in [6.45, 7) is 13.5. The summed E-state index contributed by atoms with van der Waals surface area (Å²) >= 11 is 1.85. The second-order valence-corrected chi connectivity index (χ2v) is 13.3. The number of nitrogens with zero attached hydrogens (tertiary/aromatic N) is 2. The van der Waals surface area contributed by atoms with E-state index in [0.29, 0.717) is 11.0 Å². The van der Waals surface area contributed by atoms with Gasteiger partial charge in [0.2, 0.25) is 5.91 Å². The van der Waals surface area contributed by atoms with Gasteiger partial charge < -0.3 is 15.7 Å². The van der Waals surface area contributed by atoms with Gasteiger partial charge in [-0.05, 0) is 103 Å². The number of carbonyl (C=O) groups is 1. The molecule has 0 unspecified atom stereocenters. The van der Waals surface area contributed by atoms with Crippen molar-refractivity contribution in [1.82, 2.24) is 4.90 Å². The van der Waals surface area contributed by atoms with Gasteiger partial charge in [-0.1, -0.05) is 37.6 Å². The largest absolute Gasteiger partial charge is 0.386 e. The van der Waals surface area contributed by atoms with Crippen molar-refractivity contribution in [2.75, 3.05) is 37.6 Å². The summed E-state index contributed by atoms with van der Waals surface area (Å²) in [5.74, 6) is -0.383. The topological polar surface area (TPSA) is 69.8 Å². The molecule has 3 N–H and O–H groups in total. The Morgan fingerprint density at radius 1 is 1.03 bits per heavy atom. The number of rotatable bonds is 7. The SMILES string of the molecule is CC1(C)CCC(CN2CCN(c3ccc(C(N)=O)cc3)CC2)=C(c2cc(-c3cccc(C(C)(C)O)c3)cs2)C1. The third-order valence-electron chi connectivity index (χ3n) is 8.29. The number of piperazine rings is 1. The fourth-order valence-electron chi connectivity index (χ4n) is 5.76. The van der Waals surface area contributed by atoms with Crippen LogP contribution in [-0.4, -0.2) is 48.6 Å². The molecule has 5 nitrogen and oxygen atoms in total. The van der Waals surface area contributed by atoms with E-state index in [-0.39, 0.29) is 5.91 Å². The summed E-state index contributed by atoms with van der Waals surface area (Å²) in [6.07, 6.45) is 3.49. The molecule has 1 aromatic heterocycles. The number of nitrogens with two attached hydrogens (primary N) is 1. The highest BCUT2D eigenvalue weighted by Gasteiger charge is 2.30. The molecule has 1 saturated heterocycles. The van der Waals surface area contributed by atoms with E-state index in [4.69, 9.17) is 5.73 Å². The summed E-state index contributed by atoms with van der Waals surface area (Å²) in [5.41, 5.74) is 13.0. The number of hydrogen-bond donors (Lipinski definition) is 2. The first kappa shape index (κ1) is 27.6. The average molecular weight is 544 g/mol. The van der Waals surface area contributed by atoms with E-state index in [2.05, 4.69) is 47.2 Å². The molecular weight excluding hydrogens is 502 g/mol. The van der Waals surface area contributed by atoms with Gasteiger partial charge in [-0.15, -0.1) is 11.3 Å². The van der Waals surface area contributed by atoms with E-state index in [1.807, 2.05) is 61.6 Å². The number of aliphatic hydroxyl groups is 1. The monoisotopic (exact) mass is 543 g/mol. The molecule has 1 aliphatic heterocycles. The van der Waals surface area contributed by atoms with Gasteiger partial charge in [0, 0.05) is 48.9 Å². The Balaban J connectivity index is 1.32. The molecule has 5 rings (SSSR count). The second-order valence-electron chi connectivity index (χ2n) is 12.4. The van der Waals surface area contributed by atoms with Gasteiger partial charge in [-0.2, -0.15) is 0 Å². The van der Waals surface area contributed by atoms with E-state index in [0.717, 1.165) is 62.4 Å². The molecule has 0 radical (unpaired) electrons. The van der Waals surface area contributed by atoms with Crippen LogP contribution in [-0.2, 0) is 5.60 Å². The Morgan fingerprint density at radius 2 is 1.74 bits per heavy atom. The number of primary amides is 1. The van der Waals surface area contributed by atoms with Gasteiger partial charge in [-0.25, -0.2) is 0 Å². The first-order valence-corrected chi connectivity index (χ1v) is 14.9. The number of anilines is 1. The van der Waals surface area contributed by atoms with Crippen molar-refractivity contribution >= 4 is 28.5 Å². The number of carbonyl (C=O) groups excluding carboxylic acids is 1. The van der Waals surface area contributed by atoms with Crippen LogP contribution in [0.2, 0.25) is 0 Å². The Bertz CT molecular complexity index is 1360. The first-order valence-electron chi connectivity index (χ1n) is 14.0. The normalized spacial score (nSPS) is 18.4. The van der Waals surface area contributed by atoms with Gasteiger partial charge in [0.25, 0.3) is 0 Å². The molecule has 1 aliphatic carbocycles. The fourth-order valence-corrected chi connectivity index (χ4v) is 6.78. The predicted octanol–water partition coefficient (Wildman–Crippen LogP) is 6.53. The lowest BCUT2D eigenvalue weighted by Gasteiger charge is -2.39. The zero-order valence-electron chi connectivity index (χ0n) is 23.7. The van der Waals surface area contributed by atoms with Crippen molar-refractivity contribution in [3.8, 4) is 11.1 Å². The third-order valence-corrected chi connectivity index (χ3v) is 9.28. The molecule has 1 amide bonds. The zero-order chi connectivity index (χ0) is 27.8. The van der Waals surface area contributed by atoms with Crippen LogP contribution in [0.5, 0.6) is 0 Å². The highest BCUT2D eigenvalue weighted by atomic mass is 32.1. The molecule has 206 valence electrons. The quantitative estimate of drug-likeness (QED) is 0.356. The smallest absolute Gasteiger partial charge is 0.248 e. The van der Waals surface area contributed by atoms with Crippen molar-refractivity contribution in [1.29, 1.82) is 0 Å². The van der Waals surface area contributed by atoms with E-state index in [1.54, 1.807) is 5.57 Å². The maximum Gasteiger partial charge on any atom is 0.248 e. The van der Waals surface area contributed by atoms with Crippen LogP contribution in [0.15, 0.2) is 65.6 Å². The number of thiophene rings is 1. The Labute approximate surface area is 237 Å². The lowest BCUT2D eigenvalue weighted by Crippen LogP contribution is -2.47. The van der Waals surface area contributed by atoms with Crippen molar-refractivity contribution in [3.05, 3.63) is 81.6 Å². The van der Waals surface area contributed by atoms with E-state index in [9.17, 15) is 9.90 Å². The maximum absolute atomic E-state index is 11.4. The maximum atomic E-state index is 11.4. The highest BCUT2D eigenvalue weighted by Crippen LogP contribution is 2.45. The molecule has 0 atom stereocenters. The molecule has 2 aliphatic rings. The Hall–Kier alpha value is -2.93. The molecule has 2 aromatic carbocycles. The van der Waals surface area contributed by atoms with E-state index in [1.165, 1.54) is 22.4 Å². The molecule has 0 saturated carbocycles. The van der Waals surface area contributed by atoms with Crippen molar-refractivity contribution in [2.45, 2.75) is 52.6 Å². The first-order chi connectivity index (χ1) is 18.5. The van der Waals surface area contributed by atoms with Gasteiger partial charge in [0.05, 0.1) is 5.60 Å². The molecule has 2 heterocycles. The average Bonchev–Trinajstić information content (AvgIpc) is 3.40. The molecule has 0 bridgehead atoms. The van der Waals surface area contributed by atoms with Crippen molar-refractivity contribution in [2.24, 2.45) is 11.1 Å². The summed E-state index contributed by atoms with van der Waals surface area (Å²) in [7, 11) is 0. The van der Waals surface area contributed by atoms with Crippen LogP contribution < -0.4 is 10.6 Å². The predicted molar refractivity (Wildman–Crippen MR) is 163 cm³/mol. The molecule has 3 aromatic rings. The molecule has 39 heavy (non-hydrogen) atoms. The number of hydrogen-bond acceptors (Lipinski definition) is 5. The van der Waals surface area contributed by atoms with Crippen LogP contribution in [0.3, 0.4) is 0 Å². The van der Waals surface area contributed by atoms with E-state index >= 15 is 0 Å². The zero-order valence-corrected chi connectivity index (χ0v) is 24.5. The van der Waals surface area contributed by atoms with Gasteiger partial charge >= 0.3 is 0 Å². The highest BCUT2D eigenvalue weighted by molar-refractivity contribution is 7.11. The minimum absolute atomic E-state index is 0.305.